The Balaban J connectivity index is 1.52. The standard InChI is InChI=1S/C33H31Cl3N2O4/c1-32(2)16-20(17-33(3,41)18-37-30(40)24-6-4-5-7-28(24)39)26-15-25(19-8-10-21(34)11-9-19)29(38-31(26)42-32)23-13-12-22(35)14-27(23)36/h4-15,20,39,41H,16-18H2,1-3H3,(H,37,40). The van der Waals surface area contributed by atoms with Crippen LogP contribution in [0.25, 0.3) is 22.4 Å². The van der Waals surface area contributed by atoms with Crippen LogP contribution in [0.1, 0.15) is 55.5 Å². The number of fused-ring (bicyclic) bond motifs is 1. The van der Waals surface area contributed by atoms with Gasteiger partial charge in [-0.2, -0.15) is 0 Å². The molecule has 0 bridgehead atoms. The van der Waals surface area contributed by atoms with Crippen LogP contribution in [0.3, 0.4) is 0 Å². The van der Waals surface area contributed by atoms with Crippen molar-refractivity contribution < 1.29 is 19.7 Å². The number of rotatable bonds is 7. The number of nitrogens with zero attached hydrogens (tertiary/aromatic N) is 1. The lowest BCUT2D eigenvalue weighted by Crippen LogP contribution is -2.44. The molecule has 3 N–H and O–H groups in total. The van der Waals surface area contributed by atoms with E-state index in [0.29, 0.717) is 45.0 Å². The number of amides is 1. The fraction of sp³-hybridized carbons (Fsp3) is 0.273. The number of aromatic hydroxyl groups is 1. The lowest BCUT2D eigenvalue weighted by molar-refractivity contribution is 0.0159. The molecule has 2 heterocycles. The zero-order valence-electron chi connectivity index (χ0n) is 23.4. The summed E-state index contributed by atoms with van der Waals surface area (Å²) in [5, 5.41) is 25.9. The van der Waals surface area contributed by atoms with Crippen molar-refractivity contribution in [1.82, 2.24) is 10.3 Å². The summed E-state index contributed by atoms with van der Waals surface area (Å²) < 4.78 is 6.39. The number of halogens is 3. The van der Waals surface area contributed by atoms with Crippen LogP contribution in [-0.2, 0) is 0 Å². The molecule has 9 heteroatoms. The van der Waals surface area contributed by atoms with E-state index in [-0.39, 0.29) is 23.8 Å². The van der Waals surface area contributed by atoms with Gasteiger partial charge in [-0.1, -0.05) is 59.1 Å². The molecule has 0 radical (unpaired) electrons. The summed E-state index contributed by atoms with van der Waals surface area (Å²) in [5.41, 5.74) is 2.22. The van der Waals surface area contributed by atoms with E-state index in [4.69, 9.17) is 44.5 Å². The Morgan fingerprint density at radius 2 is 1.71 bits per heavy atom. The normalized spacial score (nSPS) is 17.1. The lowest BCUT2D eigenvalue weighted by Gasteiger charge is -2.40. The summed E-state index contributed by atoms with van der Waals surface area (Å²) in [6.07, 6.45) is 0.947. The fourth-order valence-corrected chi connectivity index (χ4v) is 6.07. The topological polar surface area (TPSA) is 91.7 Å². The fourth-order valence-electron chi connectivity index (χ4n) is 5.45. The minimum Gasteiger partial charge on any atom is -0.507 e. The smallest absolute Gasteiger partial charge is 0.255 e. The molecule has 0 fully saturated rings. The van der Waals surface area contributed by atoms with Crippen LogP contribution in [0.4, 0.5) is 0 Å². The number of aliphatic hydroxyl groups is 1. The number of carbonyl (C=O) groups excluding carboxylic acids is 1. The van der Waals surface area contributed by atoms with Gasteiger partial charge in [-0.05, 0) is 93.6 Å². The van der Waals surface area contributed by atoms with Crippen molar-refractivity contribution >= 4 is 40.7 Å². The second-order valence-electron chi connectivity index (χ2n) is 11.6. The first-order chi connectivity index (χ1) is 19.8. The molecule has 1 aromatic heterocycles. The minimum atomic E-state index is -1.27. The maximum absolute atomic E-state index is 12.7. The highest BCUT2D eigenvalue weighted by atomic mass is 35.5. The quantitative estimate of drug-likeness (QED) is 0.192. The van der Waals surface area contributed by atoms with E-state index in [1.54, 1.807) is 31.2 Å². The van der Waals surface area contributed by atoms with Crippen molar-refractivity contribution in [2.24, 2.45) is 0 Å². The van der Waals surface area contributed by atoms with Crippen molar-refractivity contribution in [2.45, 2.75) is 50.7 Å². The predicted octanol–water partition coefficient (Wildman–Crippen LogP) is 8.30. The lowest BCUT2D eigenvalue weighted by atomic mass is 9.78. The number of hydrogen-bond donors (Lipinski definition) is 3. The molecule has 1 amide bonds. The molecule has 5 rings (SSSR count). The summed E-state index contributed by atoms with van der Waals surface area (Å²) in [6.45, 7) is 5.65. The molecule has 4 aromatic rings. The summed E-state index contributed by atoms with van der Waals surface area (Å²) in [6, 6.07) is 21.1. The Kier molecular flexibility index (Phi) is 8.46. The molecule has 0 saturated carbocycles. The number of para-hydroxylation sites is 1. The third-order valence-corrected chi connectivity index (χ3v) is 8.17. The number of aromatic nitrogens is 1. The van der Waals surface area contributed by atoms with Crippen molar-refractivity contribution in [2.75, 3.05) is 6.54 Å². The third-order valence-electron chi connectivity index (χ3n) is 7.37. The molecular weight excluding hydrogens is 595 g/mol. The van der Waals surface area contributed by atoms with Gasteiger partial charge in [-0.3, -0.25) is 4.79 Å². The second kappa shape index (κ2) is 11.8. The van der Waals surface area contributed by atoms with Crippen LogP contribution >= 0.6 is 34.8 Å². The Bertz CT molecular complexity index is 1640. The second-order valence-corrected chi connectivity index (χ2v) is 12.9. The van der Waals surface area contributed by atoms with E-state index >= 15 is 0 Å². The number of nitrogens with one attached hydrogen (secondary N) is 1. The van der Waals surface area contributed by atoms with Crippen molar-refractivity contribution in [3.63, 3.8) is 0 Å². The molecule has 1 aliphatic rings. The Morgan fingerprint density at radius 1 is 1.02 bits per heavy atom. The van der Waals surface area contributed by atoms with Crippen molar-refractivity contribution in [3.8, 4) is 34.0 Å². The average Bonchev–Trinajstić information content (AvgIpc) is 2.91. The zero-order chi connectivity index (χ0) is 30.2. The van der Waals surface area contributed by atoms with Gasteiger partial charge in [-0.25, -0.2) is 4.98 Å². The molecule has 0 spiro atoms. The molecule has 42 heavy (non-hydrogen) atoms. The molecule has 2 atom stereocenters. The maximum Gasteiger partial charge on any atom is 0.255 e. The van der Waals surface area contributed by atoms with Gasteiger partial charge in [0.25, 0.3) is 5.91 Å². The highest BCUT2D eigenvalue weighted by Crippen LogP contribution is 2.47. The Morgan fingerprint density at radius 3 is 2.40 bits per heavy atom. The molecule has 0 saturated heterocycles. The van der Waals surface area contributed by atoms with Gasteiger partial charge < -0.3 is 20.3 Å². The van der Waals surface area contributed by atoms with Crippen molar-refractivity contribution in [1.29, 1.82) is 0 Å². The van der Waals surface area contributed by atoms with E-state index in [9.17, 15) is 15.0 Å². The summed E-state index contributed by atoms with van der Waals surface area (Å²) in [4.78, 5) is 17.7. The van der Waals surface area contributed by atoms with E-state index in [1.165, 1.54) is 12.1 Å². The first-order valence-corrected chi connectivity index (χ1v) is 14.7. The van der Waals surface area contributed by atoms with E-state index in [2.05, 4.69) is 5.32 Å². The molecule has 0 aliphatic carbocycles. The van der Waals surface area contributed by atoms with Gasteiger partial charge in [0.05, 0.1) is 21.9 Å². The number of hydrogen-bond acceptors (Lipinski definition) is 5. The molecule has 6 nitrogen and oxygen atoms in total. The van der Waals surface area contributed by atoms with Crippen LogP contribution in [-0.4, -0.2) is 38.9 Å². The SMILES string of the molecule is CC(O)(CNC(=O)c1ccccc1O)CC1CC(C)(C)Oc2nc(-c3ccc(Cl)cc3Cl)c(-c3ccc(Cl)cc3)cc21. The molecule has 218 valence electrons. The van der Waals surface area contributed by atoms with Crippen LogP contribution in [0, 0.1) is 0 Å². The molecule has 3 aromatic carbocycles. The number of phenols is 1. The van der Waals surface area contributed by atoms with E-state index in [1.807, 2.05) is 50.2 Å². The van der Waals surface area contributed by atoms with Crippen molar-refractivity contribution in [3.05, 3.63) is 99.0 Å². The van der Waals surface area contributed by atoms with Gasteiger partial charge in [0.2, 0.25) is 5.88 Å². The largest absolute Gasteiger partial charge is 0.507 e. The van der Waals surface area contributed by atoms with Gasteiger partial charge in [0.1, 0.15) is 11.4 Å². The summed E-state index contributed by atoms with van der Waals surface area (Å²) in [7, 11) is 0. The average molecular weight is 626 g/mol. The van der Waals surface area contributed by atoms with E-state index < -0.39 is 17.1 Å². The number of phenolic OH excluding ortho intramolecular Hbond substituents is 1. The molecular formula is C33H31Cl3N2O4. The monoisotopic (exact) mass is 624 g/mol. The van der Waals surface area contributed by atoms with Gasteiger partial charge in [-0.15, -0.1) is 0 Å². The van der Waals surface area contributed by atoms with Crippen LogP contribution in [0.2, 0.25) is 15.1 Å². The summed E-state index contributed by atoms with van der Waals surface area (Å²) >= 11 is 19.0. The Labute approximate surface area is 260 Å². The van der Waals surface area contributed by atoms with Gasteiger partial charge in [0, 0.05) is 33.3 Å². The van der Waals surface area contributed by atoms with E-state index in [0.717, 1.165) is 16.7 Å². The van der Waals surface area contributed by atoms with Crippen LogP contribution in [0.15, 0.2) is 72.8 Å². The maximum atomic E-state index is 12.7. The van der Waals surface area contributed by atoms with Crippen LogP contribution in [0.5, 0.6) is 11.6 Å². The van der Waals surface area contributed by atoms with Gasteiger partial charge in [0.15, 0.2) is 0 Å². The zero-order valence-corrected chi connectivity index (χ0v) is 25.7. The highest BCUT2D eigenvalue weighted by Gasteiger charge is 2.39. The summed E-state index contributed by atoms with van der Waals surface area (Å²) in [5.74, 6) is -0.262. The highest BCUT2D eigenvalue weighted by molar-refractivity contribution is 6.36. The number of carbonyl (C=O) groups is 1. The number of pyridine rings is 1. The van der Waals surface area contributed by atoms with Crippen LogP contribution < -0.4 is 10.1 Å². The first-order valence-electron chi connectivity index (χ1n) is 13.6. The Hall–Kier alpha value is -3.29. The predicted molar refractivity (Wildman–Crippen MR) is 168 cm³/mol. The van der Waals surface area contributed by atoms with Gasteiger partial charge >= 0.3 is 0 Å². The number of ether oxygens (including phenoxy) is 1. The molecule has 2 unspecified atom stereocenters. The first kappa shape index (κ1) is 30.2. The molecule has 1 aliphatic heterocycles. The minimum absolute atomic E-state index is 0.0107. The third kappa shape index (κ3) is 6.68. The number of benzene rings is 3.